The van der Waals surface area contributed by atoms with Crippen LogP contribution in [-0.2, 0) is 0 Å². The first-order valence-corrected chi connectivity index (χ1v) is 7.67. The first-order valence-electron chi connectivity index (χ1n) is 6.55. The van der Waals surface area contributed by atoms with Crippen molar-refractivity contribution in [3.8, 4) is 0 Å². The van der Waals surface area contributed by atoms with Crippen LogP contribution in [0.2, 0.25) is 0 Å². The molecule has 0 aromatic heterocycles. The van der Waals surface area contributed by atoms with Crippen LogP contribution in [0.25, 0.3) is 0 Å². The number of carbonyl (C=O) groups excluding carboxylic acids is 2. The summed E-state index contributed by atoms with van der Waals surface area (Å²) in [4.78, 5) is 26.6. The van der Waals surface area contributed by atoms with E-state index in [1.54, 1.807) is 24.3 Å². The smallest absolute Gasteiger partial charge is 0.193 e. The number of benzene rings is 2. The summed E-state index contributed by atoms with van der Waals surface area (Å²) in [5.74, 6) is -0.233. The van der Waals surface area contributed by atoms with Crippen molar-refractivity contribution >= 4 is 33.2 Å². The van der Waals surface area contributed by atoms with E-state index in [1.165, 1.54) is 0 Å². The summed E-state index contributed by atoms with van der Waals surface area (Å²) in [5.41, 5.74) is 2.37. The van der Waals surface area contributed by atoms with Gasteiger partial charge >= 0.3 is 0 Å². The third kappa shape index (κ3) is 3.39. The van der Waals surface area contributed by atoms with E-state index in [1.807, 2.05) is 43.3 Å². The van der Waals surface area contributed by atoms with Crippen LogP contribution in [0.15, 0.2) is 48.5 Å². The molecule has 0 spiro atoms. The van der Waals surface area contributed by atoms with E-state index >= 15 is 0 Å². The molecule has 0 saturated heterocycles. The Hall–Kier alpha value is -1.94. The van der Waals surface area contributed by atoms with E-state index in [0.29, 0.717) is 16.7 Å². The molecule has 21 heavy (non-hydrogen) atoms. The molecule has 2 aromatic rings. The van der Waals surface area contributed by atoms with Crippen molar-refractivity contribution in [2.75, 3.05) is 24.3 Å². The number of ketones is 2. The van der Waals surface area contributed by atoms with Gasteiger partial charge in [-0.3, -0.25) is 9.59 Å². The highest BCUT2D eigenvalue weighted by atomic mass is 79.9. The van der Waals surface area contributed by atoms with Gasteiger partial charge in [0.2, 0.25) is 0 Å². The number of carbonyl (C=O) groups is 2. The molecule has 0 heterocycles. The van der Waals surface area contributed by atoms with E-state index in [4.69, 9.17) is 0 Å². The number of rotatable bonds is 5. The third-order valence-corrected chi connectivity index (χ3v) is 3.73. The maximum Gasteiger partial charge on any atom is 0.193 e. The van der Waals surface area contributed by atoms with Gasteiger partial charge in [0.25, 0.3) is 0 Å². The molecular formula is C17H16BrNO2. The molecule has 0 unspecified atom stereocenters. The predicted molar refractivity (Wildman–Crippen MR) is 88.8 cm³/mol. The van der Waals surface area contributed by atoms with E-state index in [0.717, 1.165) is 5.69 Å². The summed E-state index contributed by atoms with van der Waals surface area (Å²) in [7, 11) is 3.80. The second kappa shape index (κ2) is 6.68. The Balaban J connectivity index is 2.52. The highest BCUT2D eigenvalue weighted by molar-refractivity contribution is 9.09. The molecule has 3 nitrogen and oxygen atoms in total. The van der Waals surface area contributed by atoms with Gasteiger partial charge < -0.3 is 4.90 Å². The van der Waals surface area contributed by atoms with Crippen LogP contribution in [0.3, 0.4) is 0 Å². The first kappa shape index (κ1) is 15.4. The summed E-state index contributed by atoms with van der Waals surface area (Å²) in [5, 5.41) is 0.193. The normalized spacial score (nSPS) is 10.2. The number of anilines is 1. The standard InChI is InChI=1S/C17H16BrNO2/c1-19(2)13-8-9-14(15(10-13)16(20)11-18)17(21)12-6-4-3-5-7-12/h3-10H,11H2,1-2H3. The minimum absolute atomic E-state index is 0.0991. The lowest BCUT2D eigenvalue weighted by Gasteiger charge is -2.15. The number of hydrogen-bond acceptors (Lipinski definition) is 3. The highest BCUT2D eigenvalue weighted by Gasteiger charge is 2.18. The van der Waals surface area contributed by atoms with Crippen molar-refractivity contribution in [2.24, 2.45) is 0 Å². The summed E-state index contributed by atoms with van der Waals surface area (Å²) in [6, 6.07) is 14.3. The number of nitrogens with zero attached hydrogens (tertiary/aromatic N) is 1. The van der Waals surface area contributed by atoms with E-state index in [9.17, 15) is 9.59 Å². The number of Topliss-reactive ketones (excluding diaryl/α,β-unsaturated/α-hetero) is 1. The molecule has 0 radical (unpaired) electrons. The highest BCUT2D eigenvalue weighted by Crippen LogP contribution is 2.22. The van der Waals surface area contributed by atoms with Crippen molar-refractivity contribution in [3.63, 3.8) is 0 Å². The van der Waals surface area contributed by atoms with Crippen molar-refractivity contribution < 1.29 is 9.59 Å². The fraction of sp³-hybridized carbons (Fsp3) is 0.176. The van der Waals surface area contributed by atoms with E-state index in [2.05, 4.69) is 15.9 Å². The quantitative estimate of drug-likeness (QED) is 0.614. The maximum atomic E-state index is 12.6. The van der Waals surface area contributed by atoms with Crippen molar-refractivity contribution in [1.82, 2.24) is 0 Å². The van der Waals surface area contributed by atoms with Gasteiger partial charge in [0.1, 0.15) is 0 Å². The van der Waals surface area contributed by atoms with Gasteiger partial charge in [-0.15, -0.1) is 0 Å². The molecular weight excluding hydrogens is 330 g/mol. The van der Waals surface area contributed by atoms with Crippen LogP contribution < -0.4 is 4.90 Å². The van der Waals surface area contributed by atoms with Gasteiger partial charge in [-0.05, 0) is 18.2 Å². The zero-order valence-electron chi connectivity index (χ0n) is 12.0. The molecule has 0 aliphatic heterocycles. The van der Waals surface area contributed by atoms with Gasteiger partial charge in [-0.1, -0.05) is 46.3 Å². The lowest BCUT2D eigenvalue weighted by molar-refractivity contribution is 0.0994. The lowest BCUT2D eigenvalue weighted by Crippen LogP contribution is -2.14. The molecule has 0 saturated carbocycles. The van der Waals surface area contributed by atoms with Gasteiger partial charge in [0, 0.05) is 36.5 Å². The number of alkyl halides is 1. The zero-order chi connectivity index (χ0) is 15.4. The number of halogens is 1. The largest absolute Gasteiger partial charge is 0.378 e. The van der Waals surface area contributed by atoms with E-state index < -0.39 is 0 Å². The molecule has 0 aliphatic rings. The third-order valence-electron chi connectivity index (χ3n) is 3.22. The van der Waals surface area contributed by atoms with Gasteiger partial charge in [0.05, 0.1) is 5.33 Å². The van der Waals surface area contributed by atoms with Crippen LogP contribution in [0.1, 0.15) is 26.3 Å². The van der Waals surface area contributed by atoms with Crippen LogP contribution in [0.5, 0.6) is 0 Å². The molecule has 0 N–H and O–H groups in total. The Morgan fingerprint density at radius 3 is 2.24 bits per heavy atom. The fourth-order valence-corrected chi connectivity index (χ4v) is 2.36. The second-order valence-corrected chi connectivity index (χ2v) is 5.44. The summed E-state index contributed by atoms with van der Waals surface area (Å²) < 4.78 is 0. The van der Waals surface area contributed by atoms with Crippen molar-refractivity contribution in [2.45, 2.75) is 0 Å². The second-order valence-electron chi connectivity index (χ2n) is 4.88. The Kier molecular flexibility index (Phi) is 4.91. The molecule has 4 heteroatoms. The Morgan fingerprint density at radius 1 is 1.00 bits per heavy atom. The predicted octanol–water partition coefficient (Wildman–Crippen LogP) is 3.56. The molecule has 2 aromatic carbocycles. The first-order chi connectivity index (χ1) is 10.0. The monoisotopic (exact) mass is 345 g/mol. The summed E-state index contributed by atoms with van der Waals surface area (Å²) >= 11 is 3.18. The minimum Gasteiger partial charge on any atom is -0.378 e. The molecule has 108 valence electrons. The summed E-state index contributed by atoms with van der Waals surface area (Å²) in [6.45, 7) is 0. The molecule has 0 aliphatic carbocycles. The van der Waals surface area contributed by atoms with Crippen molar-refractivity contribution in [1.29, 1.82) is 0 Å². The topological polar surface area (TPSA) is 37.4 Å². The Bertz CT molecular complexity index is 666. The fourth-order valence-electron chi connectivity index (χ4n) is 2.06. The maximum absolute atomic E-state index is 12.6. The van der Waals surface area contributed by atoms with Gasteiger partial charge in [0.15, 0.2) is 11.6 Å². The number of hydrogen-bond donors (Lipinski definition) is 0. The minimum atomic E-state index is -0.134. The average molecular weight is 346 g/mol. The van der Waals surface area contributed by atoms with Crippen LogP contribution in [0, 0.1) is 0 Å². The van der Waals surface area contributed by atoms with Crippen LogP contribution in [0.4, 0.5) is 5.69 Å². The SMILES string of the molecule is CN(C)c1ccc(C(=O)c2ccccc2)c(C(=O)CBr)c1. The van der Waals surface area contributed by atoms with Crippen molar-refractivity contribution in [3.05, 3.63) is 65.2 Å². The Labute approximate surface area is 132 Å². The Morgan fingerprint density at radius 2 is 1.67 bits per heavy atom. The molecule has 0 atom stereocenters. The lowest BCUT2D eigenvalue weighted by atomic mass is 9.96. The van der Waals surface area contributed by atoms with Gasteiger partial charge in [-0.2, -0.15) is 0 Å². The average Bonchev–Trinajstić information content (AvgIpc) is 2.53. The van der Waals surface area contributed by atoms with Gasteiger partial charge in [-0.25, -0.2) is 0 Å². The molecule has 2 rings (SSSR count). The molecule has 0 amide bonds. The summed E-state index contributed by atoms with van der Waals surface area (Å²) in [6.07, 6.45) is 0. The van der Waals surface area contributed by atoms with E-state index in [-0.39, 0.29) is 16.9 Å². The van der Waals surface area contributed by atoms with Crippen LogP contribution >= 0.6 is 15.9 Å². The molecule has 0 fully saturated rings. The molecule has 0 bridgehead atoms. The zero-order valence-corrected chi connectivity index (χ0v) is 13.6. The van der Waals surface area contributed by atoms with Crippen LogP contribution in [-0.4, -0.2) is 31.0 Å².